The van der Waals surface area contributed by atoms with Gasteiger partial charge in [-0.3, -0.25) is 4.90 Å². The highest BCUT2D eigenvalue weighted by Crippen LogP contribution is 2.34. The molecule has 0 aromatic carbocycles. The van der Waals surface area contributed by atoms with Gasteiger partial charge in [-0.15, -0.1) is 0 Å². The van der Waals surface area contributed by atoms with E-state index in [1.165, 1.54) is 0 Å². The van der Waals surface area contributed by atoms with Gasteiger partial charge in [-0.2, -0.15) is 0 Å². The first kappa shape index (κ1) is 12.3. The molecule has 2 saturated heterocycles. The number of hydrogen-bond donors (Lipinski definition) is 1. The monoisotopic (exact) mass is 228 g/mol. The Morgan fingerprint density at radius 1 is 1.44 bits per heavy atom. The molecule has 0 aliphatic carbocycles. The van der Waals surface area contributed by atoms with Gasteiger partial charge in [0.1, 0.15) is 0 Å². The summed E-state index contributed by atoms with van der Waals surface area (Å²) in [6, 6.07) is 0.629. The maximum absolute atomic E-state index is 5.95. The summed E-state index contributed by atoms with van der Waals surface area (Å²) in [6.45, 7) is 7.54. The highest BCUT2D eigenvalue weighted by molar-refractivity contribution is 4.93. The smallest absolute Gasteiger partial charge is 0.0951 e. The Bertz CT molecular complexity index is 217. The van der Waals surface area contributed by atoms with Crippen LogP contribution in [0.3, 0.4) is 0 Å². The molecule has 2 unspecified atom stereocenters. The Balaban J connectivity index is 1.94. The Morgan fingerprint density at radius 3 is 2.94 bits per heavy atom. The van der Waals surface area contributed by atoms with Gasteiger partial charge in [0, 0.05) is 38.8 Å². The number of nitrogens with zero attached hydrogens (tertiary/aromatic N) is 1. The van der Waals surface area contributed by atoms with Crippen molar-refractivity contribution >= 4 is 0 Å². The van der Waals surface area contributed by atoms with Crippen LogP contribution < -0.4 is 5.73 Å². The van der Waals surface area contributed by atoms with Gasteiger partial charge in [-0.25, -0.2) is 0 Å². The molecule has 94 valence electrons. The molecule has 2 fully saturated rings. The van der Waals surface area contributed by atoms with Gasteiger partial charge in [0.05, 0.1) is 12.2 Å². The minimum Gasteiger partial charge on any atom is -0.378 e. The van der Waals surface area contributed by atoms with E-state index in [0.29, 0.717) is 6.04 Å². The highest BCUT2D eigenvalue weighted by atomic mass is 16.6. The summed E-state index contributed by atoms with van der Waals surface area (Å²) in [6.07, 6.45) is 3.31. The van der Waals surface area contributed by atoms with E-state index in [1.54, 1.807) is 0 Å². The van der Waals surface area contributed by atoms with Gasteiger partial charge >= 0.3 is 0 Å². The van der Waals surface area contributed by atoms with Crippen LogP contribution in [-0.2, 0) is 9.47 Å². The van der Waals surface area contributed by atoms with Crippen LogP contribution in [0.15, 0.2) is 0 Å². The fraction of sp³-hybridized carbons (Fsp3) is 1.00. The molecule has 4 heteroatoms. The van der Waals surface area contributed by atoms with E-state index in [9.17, 15) is 0 Å². The van der Waals surface area contributed by atoms with Crippen molar-refractivity contribution in [2.45, 2.75) is 37.8 Å². The number of hydrogen-bond acceptors (Lipinski definition) is 4. The van der Waals surface area contributed by atoms with Crippen LogP contribution in [-0.4, -0.2) is 56.0 Å². The van der Waals surface area contributed by atoms with E-state index in [1.807, 2.05) is 0 Å². The molecule has 2 N–H and O–H groups in total. The van der Waals surface area contributed by atoms with Gasteiger partial charge in [0.15, 0.2) is 0 Å². The van der Waals surface area contributed by atoms with Crippen LogP contribution in [0.25, 0.3) is 0 Å². The summed E-state index contributed by atoms with van der Waals surface area (Å²) in [5.41, 5.74) is 5.68. The lowest BCUT2D eigenvalue weighted by molar-refractivity contribution is -0.105. The van der Waals surface area contributed by atoms with E-state index in [4.69, 9.17) is 15.2 Å². The molecule has 4 nitrogen and oxygen atoms in total. The Hall–Kier alpha value is -0.160. The zero-order valence-corrected chi connectivity index (χ0v) is 10.3. The van der Waals surface area contributed by atoms with Gasteiger partial charge < -0.3 is 15.2 Å². The lowest BCUT2D eigenvalue weighted by Gasteiger charge is -2.41. The quantitative estimate of drug-likeness (QED) is 0.765. The molecule has 2 atom stereocenters. The highest BCUT2D eigenvalue weighted by Gasteiger charge is 2.42. The Morgan fingerprint density at radius 2 is 2.31 bits per heavy atom. The van der Waals surface area contributed by atoms with Gasteiger partial charge in [-0.05, 0) is 19.4 Å². The first-order chi connectivity index (χ1) is 7.79. The second-order valence-corrected chi connectivity index (χ2v) is 4.90. The third-order valence-corrected chi connectivity index (χ3v) is 3.87. The topological polar surface area (TPSA) is 47.7 Å². The van der Waals surface area contributed by atoms with Crippen molar-refractivity contribution in [2.24, 2.45) is 5.73 Å². The SMILES string of the molecule is CCN(CCN)C1CCOC2(CCOC2)C1. The lowest BCUT2D eigenvalue weighted by Crippen LogP contribution is -2.50. The van der Waals surface area contributed by atoms with E-state index < -0.39 is 0 Å². The molecular weight excluding hydrogens is 204 g/mol. The van der Waals surface area contributed by atoms with Gasteiger partial charge in [0.25, 0.3) is 0 Å². The molecular formula is C12H24N2O2. The summed E-state index contributed by atoms with van der Waals surface area (Å²) >= 11 is 0. The Kier molecular flexibility index (Phi) is 4.19. The predicted molar refractivity (Wildman–Crippen MR) is 63.4 cm³/mol. The molecule has 0 bridgehead atoms. The minimum atomic E-state index is 0.0188. The molecule has 2 aliphatic rings. The van der Waals surface area contributed by atoms with E-state index in [2.05, 4.69) is 11.8 Å². The van der Waals surface area contributed by atoms with Crippen molar-refractivity contribution in [3.63, 3.8) is 0 Å². The maximum atomic E-state index is 5.95. The summed E-state index contributed by atoms with van der Waals surface area (Å²) in [4.78, 5) is 2.49. The molecule has 0 amide bonds. The van der Waals surface area contributed by atoms with Crippen molar-refractivity contribution in [3.8, 4) is 0 Å². The number of likely N-dealkylation sites (N-methyl/N-ethyl adjacent to an activating group) is 1. The first-order valence-electron chi connectivity index (χ1n) is 6.45. The van der Waals surface area contributed by atoms with E-state index >= 15 is 0 Å². The normalized spacial score (nSPS) is 35.1. The second-order valence-electron chi connectivity index (χ2n) is 4.90. The molecule has 0 aromatic rings. The largest absolute Gasteiger partial charge is 0.378 e. The fourth-order valence-electron chi connectivity index (χ4n) is 2.94. The maximum Gasteiger partial charge on any atom is 0.0951 e. The van der Waals surface area contributed by atoms with Crippen LogP contribution in [0.1, 0.15) is 26.2 Å². The summed E-state index contributed by atoms with van der Waals surface area (Å²) < 4.78 is 11.4. The summed E-state index contributed by atoms with van der Waals surface area (Å²) in [7, 11) is 0. The lowest BCUT2D eigenvalue weighted by atomic mass is 9.89. The van der Waals surface area contributed by atoms with E-state index in [0.717, 1.165) is 58.7 Å². The molecule has 2 rings (SSSR count). The van der Waals surface area contributed by atoms with Crippen LogP contribution >= 0.6 is 0 Å². The molecule has 0 saturated carbocycles. The average molecular weight is 228 g/mol. The van der Waals surface area contributed by atoms with Crippen molar-refractivity contribution < 1.29 is 9.47 Å². The average Bonchev–Trinajstić information content (AvgIpc) is 2.74. The van der Waals surface area contributed by atoms with Crippen molar-refractivity contribution in [1.29, 1.82) is 0 Å². The van der Waals surface area contributed by atoms with Gasteiger partial charge in [0.2, 0.25) is 0 Å². The van der Waals surface area contributed by atoms with Crippen LogP contribution in [0.5, 0.6) is 0 Å². The standard InChI is InChI=1S/C12H24N2O2/c1-2-14(6-5-13)11-3-7-16-12(9-11)4-8-15-10-12/h11H,2-10,13H2,1H3. The summed E-state index contributed by atoms with van der Waals surface area (Å²) in [5.74, 6) is 0. The van der Waals surface area contributed by atoms with Crippen molar-refractivity contribution in [2.75, 3.05) is 39.5 Å². The molecule has 2 heterocycles. The zero-order chi connectivity index (χ0) is 11.4. The van der Waals surface area contributed by atoms with Crippen LogP contribution in [0.4, 0.5) is 0 Å². The molecule has 0 aromatic heterocycles. The van der Waals surface area contributed by atoms with Crippen LogP contribution in [0, 0.1) is 0 Å². The Labute approximate surface area is 98.1 Å². The fourth-order valence-corrected chi connectivity index (χ4v) is 2.94. The number of rotatable bonds is 4. The third kappa shape index (κ3) is 2.56. The second kappa shape index (κ2) is 5.45. The van der Waals surface area contributed by atoms with E-state index in [-0.39, 0.29) is 5.60 Å². The molecule has 1 spiro atoms. The number of ether oxygens (including phenoxy) is 2. The summed E-state index contributed by atoms with van der Waals surface area (Å²) in [5, 5.41) is 0. The van der Waals surface area contributed by atoms with Gasteiger partial charge in [-0.1, -0.05) is 6.92 Å². The predicted octanol–water partition coefficient (Wildman–Crippen LogP) is 0.605. The molecule has 2 aliphatic heterocycles. The van der Waals surface area contributed by atoms with Crippen molar-refractivity contribution in [3.05, 3.63) is 0 Å². The molecule has 16 heavy (non-hydrogen) atoms. The first-order valence-corrected chi connectivity index (χ1v) is 6.45. The number of nitrogens with two attached hydrogens (primary N) is 1. The minimum absolute atomic E-state index is 0.0188. The third-order valence-electron chi connectivity index (χ3n) is 3.87. The van der Waals surface area contributed by atoms with Crippen molar-refractivity contribution in [1.82, 2.24) is 4.90 Å². The molecule has 0 radical (unpaired) electrons. The zero-order valence-electron chi connectivity index (χ0n) is 10.3. The van der Waals surface area contributed by atoms with Crippen LogP contribution in [0.2, 0.25) is 0 Å².